The Morgan fingerprint density at radius 3 is 2.74 bits per heavy atom. The summed E-state index contributed by atoms with van der Waals surface area (Å²) in [7, 11) is 0. The van der Waals surface area contributed by atoms with Crippen LogP contribution in [-0.2, 0) is 14.4 Å². The Morgan fingerprint density at radius 1 is 1.30 bits per heavy atom. The van der Waals surface area contributed by atoms with Gasteiger partial charge in [-0.05, 0) is 31.0 Å². The second-order valence-corrected chi connectivity index (χ2v) is 5.44. The largest absolute Gasteiger partial charge is 0.481 e. The Hall–Kier alpha value is -2.70. The summed E-state index contributed by atoms with van der Waals surface area (Å²) < 4.78 is 0. The molecule has 122 valence electrons. The quantitative estimate of drug-likeness (QED) is 0.857. The molecule has 0 aromatic heterocycles. The molecular formula is C16H19N3O4. The van der Waals surface area contributed by atoms with E-state index in [4.69, 9.17) is 5.11 Å². The van der Waals surface area contributed by atoms with Crippen LogP contribution >= 0.6 is 0 Å². The molecular weight excluding hydrogens is 298 g/mol. The second kappa shape index (κ2) is 7.04. The number of anilines is 1. The molecule has 1 aliphatic heterocycles. The van der Waals surface area contributed by atoms with Gasteiger partial charge in [0.05, 0.1) is 12.1 Å². The maximum atomic E-state index is 12.1. The number of amides is 2. The zero-order chi connectivity index (χ0) is 17.0. The van der Waals surface area contributed by atoms with Crippen LogP contribution in [0.15, 0.2) is 23.3 Å². The van der Waals surface area contributed by atoms with E-state index in [0.717, 1.165) is 11.1 Å². The van der Waals surface area contributed by atoms with Crippen LogP contribution in [0.3, 0.4) is 0 Å². The van der Waals surface area contributed by atoms with Crippen molar-refractivity contribution in [1.82, 2.24) is 5.32 Å². The molecule has 1 aliphatic rings. The summed E-state index contributed by atoms with van der Waals surface area (Å²) in [5, 5.41) is 16.5. The van der Waals surface area contributed by atoms with Gasteiger partial charge >= 0.3 is 5.97 Å². The van der Waals surface area contributed by atoms with E-state index in [9.17, 15) is 14.4 Å². The minimum atomic E-state index is -0.983. The van der Waals surface area contributed by atoms with Crippen LogP contribution in [0.25, 0.3) is 0 Å². The number of carboxylic acid groups (broad SMARTS) is 1. The highest BCUT2D eigenvalue weighted by Crippen LogP contribution is 2.25. The van der Waals surface area contributed by atoms with E-state index in [1.54, 1.807) is 0 Å². The number of aryl methyl sites for hydroxylation is 2. The summed E-state index contributed by atoms with van der Waals surface area (Å²) >= 11 is 0. The molecule has 2 amide bonds. The SMILES string of the molecule is Cc1ccc(C)c(N2N=C(C(=O)NCCC(=O)O)CCC2=O)c1. The first-order valence-corrected chi connectivity index (χ1v) is 7.36. The number of rotatable bonds is 5. The molecule has 0 saturated carbocycles. The lowest BCUT2D eigenvalue weighted by atomic mass is 10.1. The van der Waals surface area contributed by atoms with Gasteiger partial charge in [-0.15, -0.1) is 0 Å². The average molecular weight is 317 g/mol. The number of carbonyl (C=O) groups is 3. The van der Waals surface area contributed by atoms with Crippen LogP contribution in [0.4, 0.5) is 5.69 Å². The predicted molar refractivity (Wildman–Crippen MR) is 85.3 cm³/mol. The van der Waals surface area contributed by atoms with Crippen molar-refractivity contribution in [3.05, 3.63) is 29.3 Å². The van der Waals surface area contributed by atoms with Crippen LogP contribution in [-0.4, -0.2) is 35.1 Å². The molecule has 0 saturated heterocycles. The Labute approximate surface area is 134 Å². The number of hydrogen-bond acceptors (Lipinski definition) is 4. The summed E-state index contributed by atoms with van der Waals surface area (Å²) in [5.41, 5.74) is 2.77. The smallest absolute Gasteiger partial charge is 0.305 e. The first-order chi connectivity index (χ1) is 10.9. The topological polar surface area (TPSA) is 99.1 Å². The van der Waals surface area contributed by atoms with Crippen molar-refractivity contribution in [2.45, 2.75) is 33.1 Å². The fraction of sp³-hybridized carbons (Fsp3) is 0.375. The average Bonchev–Trinajstić information content (AvgIpc) is 2.50. The van der Waals surface area contributed by atoms with E-state index >= 15 is 0 Å². The lowest BCUT2D eigenvalue weighted by Crippen LogP contribution is -2.39. The van der Waals surface area contributed by atoms with Crippen molar-refractivity contribution >= 4 is 29.2 Å². The molecule has 0 bridgehead atoms. The number of nitrogens with one attached hydrogen (secondary N) is 1. The number of hydrazone groups is 1. The normalized spacial score (nSPS) is 14.4. The Balaban J connectivity index is 2.19. The van der Waals surface area contributed by atoms with Crippen LogP contribution in [0.5, 0.6) is 0 Å². The van der Waals surface area contributed by atoms with Gasteiger partial charge in [-0.1, -0.05) is 12.1 Å². The van der Waals surface area contributed by atoms with Crippen LogP contribution in [0.2, 0.25) is 0 Å². The Morgan fingerprint density at radius 2 is 2.04 bits per heavy atom. The third-order valence-electron chi connectivity index (χ3n) is 3.51. The van der Waals surface area contributed by atoms with E-state index in [1.165, 1.54) is 5.01 Å². The predicted octanol–water partition coefficient (Wildman–Crippen LogP) is 1.38. The number of aliphatic carboxylic acids is 1. The van der Waals surface area contributed by atoms with Crippen LogP contribution in [0.1, 0.15) is 30.4 Å². The maximum Gasteiger partial charge on any atom is 0.305 e. The summed E-state index contributed by atoms with van der Waals surface area (Å²) in [6.45, 7) is 3.82. The monoisotopic (exact) mass is 317 g/mol. The van der Waals surface area contributed by atoms with Crippen molar-refractivity contribution in [2.24, 2.45) is 5.10 Å². The number of nitrogens with zero attached hydrogens (tertiary/aromatic N) is 2. The zero-order valence-corrected chi connectivity index (χ0v) is 13.1. The highest BCUT2D eigenvalue weighted by molar-refractivity contribution is 6.40. The van der Waals surface area contributed by atoms with Crippen LogP contribution < -0.4 is 10.3 Å². The van der Waals surface area contributed by atoms with Gasteiger partial charge in [-0.25, -0.2) is 5.01 Å². The van der Waals surface area contributed by atoms with E-state index in [-0.39, 0.29) is 37.4 Å². The lowest BCUT2D eigenvalue weighted by Gasteiger charge is -2.24. The summed E-state index contributed by atoms with van der Waals surface area (Å²) in [6.07, 6.45) is 0.288. The van der Waals surface area contributed by atoms with Gasteiger partial charge in [0.2, 0.25) is 5.91 Å². The molecule has 0 fully saturated rings. The van der Waals surface area contributed by atoms with Gasteiger partial charge < -0.3 is 10.4 Å². The molecule has 2 rings (SSSR count). The Bertz CT molecular complexity index is 682. The highest BCUT2D eigenvalue weighted by Gasteiger charge is 2.26. The molecule has 0 unspecified atom stereocenters. The summed E-state index contributed by atoms with van der Waals surface area (Å²) in [5.74, 6) is -1.59. The van der Waals surface area contributed by atoms with Crippen molar-refractivity contribution in [2.75, 3.05) is 11.6 Å². The summed E-state index contributed by atoms with van der Waals surface area (Å²) in [4.78, 5) is 34.7. The molecule has 1 heterocycles. The van der Waals surface area contributed by atoms with Gasteiger partial charge in [0.25, 0.3) is 5.91 Å². The second-order valence-electron chi connectivity index (χ2n) is 5.44. The van der Waals surface area contributed by atoms with Gasteiger partial charge in [0.1, 0.15) is 5.71 Å². The van der Waals surface area contributed by atoms with Crippen molar-refractivity contribution < 1.29 is 19.5 Å². The number of carboxylic acids is 1. The van der Waals surface area contributed by atoms with Crippen LogP contribution in [0, 0.1) is 13.8 Å². The number of hydrogen-bond donors (Lipinski definition) is 2. The van der Waals surface area contributed by atoms with E-state index in [1.807, 2.05) is 32.0 Å². The molecule has 1 aromatic rings. The van der Waals surface area contributed by atoms with Gasteiger partial charge in [-0.2, -0.15) is 5.10 Å². The molecule has 0 atom stereocenters. The van der Waals surface area contributed by atoms with Crippen molar-refractivity contribution in [3.63, 3.8) is 0 Å². The molecule has 0 radical (unpaired) electrons. The number of carbonyl (C=O) groups excluding carboxylic acids is 2. The minimum absolute atomic E-state index is 0.0323. The fourth-order valence-electron chi connectivity index (χ4n) is 2.24. The lowest BCUT2D eigenvalue weighted by molar-refractivity contribution is -0.136. The fourth-order valence-corrected chi connectivity index (χ4v) is 2.24. The minimum Gasteiger partial charge on any atom is -0.481 e. The third kappa shape index (κ3) is 4.15. The maximum absolute atomic E-state index is 12.1. The standard InChI is InChI=1S/C16H19N3O4/c1-10-3-4-11(2)13(9-10)19-14(20)6-5-12(18-19)16(23)17-8-7-15(21)22/h3-4,9H,5-8H2,1-2H3,(H,17,23)(H,21,22). The first kappa shape index (κ1) is 16.7. The number of benzene rings is 1. The van der Waals surface area contributed by atoms with Gasteiger partial charge in [-0.3, -0.25) is 14.4 Å². The molecule has 23 heavy (non-hydrogen) atoms. The van der Waals surface area contributed by atoms with Gasteiger partial charge in [0, 0.05) is 19.4 Å². The molecule has 2 N–H and O–H groups in total. The van der Waals surface area contributed by atoms with E-state index < -0.39 is 11.9 Å². The molecule has 1 aromatic carbocycles. The summed E-state index contributed by atoms with van der Waals surface area (Å²) in [6, 6.07) is 5.69. The molecule has 7 heteroatoms. The van der Waals surface area contributed by atoms with Crippen molar-refractivity contribution in [3.8, 4) is 0 Å². The molecule has 0 spiro atoms. The Kier molecular flexibility index (Phi) is 5.10. The van der Waals surface area contributed by atoms with E-state index in [2.05, 4.69) is 10.4 Å². The first-order valence-electron chi connectivity index (χ1n) is 7.36. The molecule has 7 nitrogen and oxygen atoms in total. The highest BCUT2D eigenvalue weighted by atomic mass is 16.4. The zero-order valence-electron chi connectivity index (χ0n) is 13.1. The van der Waals surface area contributed by atoms with E-state index in [0.29, 0.717) is 5.69 Å². The van der Waals surface area contributed by atoms with Crippen molar-refractivity contribution in [1.29, 1.82) is 0 Å². The van der Waals surface area contributed by atoms with Gasteiger partial charge in [0.15, 0.2) is 0 Å². The third-order valence-corrected chi connectivity index (χ3v) is 3.51. The molecule has 0 aliphatic carbocycles.